The largest absolute Gasteiger partial charge is 0.324 e. The fourth-order valence-electron chi connectivity index (χ4n) is 1.57. The highest BCUT2D eigenvalue weighted by molar-refractivity contribution is 5.90. The highest BCUT2D eigenvalue weighted by Gasteiger charge is 2.08. The Bertz CT molecular complexity index is 713. The second-order valence-corrected chi connectivity index (χ2v) is 4.15. The van der Waals surface area contributed by atoms with Crippen LogP contribution in [-0.4, -0.2) is 15.7 Å². The normalized spacial score (nSPS) is 10.3. The number of rotatable bonds is 3. The Hall–Kier alpha value is -2.57. The third kappa shape index (κ3) is 3.25. The summed E-state index contributed by atoms with van der Waals surface area (Å²) in [5.74, 6) is -2.62. The predicted octanol–water partition coefficient (Wildman–Crippen LogP) is 1.47. The van der Waals surface area contributed by atoms with Crippen molar-refractivity contribution in [2.75, 3.05) is 5.32 Å². The van der Waals surface area contributed by atoms with Gasteiger partial charge in [-0.05, 0) is 25.1 Å². The van der Waals surface area contributed by atoms with Crippen molar-refractivity contribution in [2.24, 2.45) is 0 Å². The van der Waals surface area contributed by atoms with E-state index in [1.165, 1.54) is 18.2 Å². The Morgan fingerprint density at radius 2 is 2.00 bits per heavy atom. The smallest absolute Gasteiger partial charge is 0.267 e. The lowest BCUT2D eigenvalue weighted by Crippen LogP contribution is -2.29. The first-order valence-corrected chi connectivity index (χ1v) is 5.75. The van der Waals surface area contributed by atoms with Crippen molar-refractivity contribution >= 4 is 11.6 Å². The third-order valence-electron chi connectivity index (χ3n) is 2.50. The molecule has 0 aliphatic heterocycles. The van der Waals surface area contributed by atoms with Crippen LogP contribution in [0.2, 0.25) is 0 Å². The number of nitrogens with zero attached hydrogens (tertiary/aromatic N) is 2. The summed E-state index contributed by atoms with van der Waals surface area (Å²) in [5.41, 5.74) is 0.274. The number of carbonyl (C=O) groups is 1. The molecule has 0 fully saturated rings. The number of halogens is 2. The van der Waals surface area contributed by atoms with Gasteiger partial charge in [-0.25, -0.2) is 13.5 Å². The molecule has 0 unspecified atom stereocenters. The molecule has 5 nitrogen and oxygen atoms in total. The van der Waals surface area contributed by atoms with Gasteiger partial charge in [-0.1, -0.05) is 0 Å². The van der Waals surface area contributed by atoms with Gasteiger partial charge in [0.1, 0.15) is 6.54 Å². The summed E-state index contributed by atoms with van der Waals surface area (Å²) in [6.45, 7) is 1.38. The molecule has 0 atom stereocenters. The Balaban J connectivity index is 2.11. The summed E-state index contributed by atoms with van der Waals surface area (Å²) in [7, 11) is 0. The van der Waals surface area contributed by atoms with Crippen LogP contribution < -0.4 is 10.9 Å². The Morgan fingerprint density at radius 3 is 2.70 bits per heavy atom. The summed E-state index contributed by atoms with van der Waals surface area (Å²) >= 11 is 0. The van der Waals surface area contributed by atoms with E-state index in [1.807, 2.05) is 0 Å². The fourth-order valence-corrected chi connectivity index (χ4v) is 1.57. The monoisotopic (exact) mass is 279 g/mol. The Kier molecular flexibility index (Phi) is 3.88. The maximum absolute atomic E-state index is 13.0. The van der Waals surface area contributed by atoms with Crippen LogP contribution in [0.4, 0.5) is 14.5 Å². The molecule has 2 aromatic rings. The molecule has 7 heteroatoms. The van der Waals surface area contributed by atoms with Crippen molar-refractivity contribution in [3.63, 3.8) is 0 Å². The molecule has 0 saturated heterocycles. The van der Waals surface area contributed by atoms with Crippen LogP contribution in [0, 0.1) is 18.6 Å². The number of hydrogen-bond donors (Lipinski definition) is 1. The lowest BCUT2D eigenvalue weighted by Gasteiger charge is -2.07. The van der Waals surface area contributed by atoms with Crippen molar-refractivity contribution in [1.29, 1.82) is 0 Å². The van der Waals surface area contributed by atoms with Crippen LogP contribution in [0.1, 0.15) is 5.69 Å². The molecule has 0 aliphatic carbocycles. The molecule has 104 valence electrons. The second-order valence-electron chi connectivity index (χ2n) is 4.15. The summed E-state index contributed by atoms with van der Waals surface area (Å²) in [6, 6.07) is 5.82. The molecule has 0 radical (unpaired) electrons. The topological polar surface area (TPSA) is 64.0 Å². The molecule has 1 amide bonds. The zero-order valence-electron chi connectivity index (χ0n) is 10.6. The van der Waals surface area contributed by atoms with Crippen molar-refractivity contribution < 1.29 is 13.6 Å². The minimum Gasteiger partial charge on any atom is -0.324 e. The second kappa shape index (κ2) is 5.60. The molecule has 0 saturated carbocycles. The quantitative estimate of drug-likeness (QED) is 0.925. The van der Waals surface area contributed by atoms with Crippen molar-refractivity contribution in [1.82, 2.24) is 9.78 Å². The van der Waals surface area contributed by atoms with Crippen molar-refractivity contribution in [3.05, 3.63) is 58.0 Å². The summed E-state index contributed by atoms with van der Waals surface area (Å²) in [4.78, 5) is 23.2. The summed E-state index contributed by atoms with van der Waals surface area (Å²) < 4.78 is 26.7. The van der Waals surface area contributed by atoms with Crippen molar-refractivity contribution in [3.8, 4) is 0 Å². The maximum atomic E-state index is 13.0. The molecule has 1 aromatic carbocycles. The van der Waals surface area contributed by atoms with E-state index in [2.05, 4.69) is 10.4 Å². The van der Waals surface area contributed by atoms with Gasteiger partial charge < -0.3 is 5.32 Å². The average molecular weight is 279 g/mol. The molecule has 0 spiro atoms. The van der Waals surface area contributed by atoms with E-state index < -0.39 is 23.1 Å². The molecule has 2 rings (SSSR count). The molecule has 1 aromatic heterocycles. The average Bonchev–Trinajstić information content (AvgIpc) is 2.38. The first-order valence-electron chi connectivity index (χ1n) is 5.75. The van der Waals surface area contributed by atoms with Crippen LogP contribution in [0.15, 0.2) is 35.1 Å². The number of benzene rings is 1. The number of amides is 1. The highest BCUT2D eigenvalue weighted by Crippen LogP contribution is 2.12. The molecule has 0 aliphatic rings. The zero-order chi connectivity index (χ0) is 14.7. The van der Waals surface area contributed by atoms with Crippen molar-refractivity contribution in [2.45, 2.75) is 13.5 Å². The van der Waals surface area contributed by atoms with Crippen LogP contribution >= 0.6 is 0 Å². The van der Waals surface area contributed by atoms with E-state index in [9.17, 15) is 18.4 Å². The van der Waals surface area contributed by atoms with E-state index >= 15 is 0 Å². The van der Waals surface area contributed by atoms with Gasteiger partial charge in [-0.2, -0.15) is 5.10 Å². The first-order chi connectivity index (χ1) is 9.45. The molecular weight excluding hydrogens is 268 g/mol. The maximum Gasteiger partial charge on any atom is 0.267 e. The number of aromatic nitrogens is 2. The van der Waals surface area contributed by atoms with Gasteiger partial charge in [-0.15, -0.1) is 0 Å². The molecule has 1 N–H and O–H groups in total. The molecule has 1 heterocycles. The number of nitrogens with one attached hydrogen (secondary N) is 1. The van der Waals surface area contributed by atoms with Crippen LogP contribution in [0.25, 0.3) is 0 Å². The minimum absolute atomic E-state index is 0.106. The van der Waals surface area contributed by atoms with E-state index in [4.69, 9.17) is 0 Å². The van der Waals surface area contributed by atoms with Gasteiger partial charge in [0.2, 0.25) is 5.91 Å². The lowest BCUT2D eigenvalue weighted by atomic mass is 10.3. The number of anilines is 1. The first kappa shape index (κ1) is 13.9. The van der Waals surface area contributed by atoms with Crippen LogP contribution in [0.3, 0.4) is 0 Å². The summed E-state index contributed by atoms with van der Waals surface area (Å²) in [5, 5.41) is 6.26. The summed E-state index contributed by atoms with van der Waals surface area (Å²) in [6.07, 6.45) is 0. The zero-order valence-corrected chi connectivity index (χ0v) is 10.6. The minimum atomic E-state index is -1.06. The Labute approximate surface area is 112 Å². The van der Waals surface area contributed by atoms with Gasteiger partial charge in [0.25, 0.3) is 5.56 Å². The number of aryl methyl sites for hydroxylation is 1. The van der Waals surface area contributed by atoms with Gasteiger partial charge in [0.05, 0.1) is 5.69 Å². The van der Waals surface area contributed by atoms with E-state index in [-0.39, 0.29) is 12.2 Å². The Morgan fingerprint density at radius 1 is 1.25 bits per heavy atom. The van der Waals surface area contributed by atoms with Crippen LogP contribution in [0.5, 0.6) is 0 Å². The molecule has 20 heavy (non-hydrogen) atoms. The van der Waals surface area contributed by atoms with Gasteiger partial charge in [0.15, 0.2) is 11.6 Å². The molecular formula is C13H11F2N3O2. The van der Waals surface area contributed by atoms with Gasteiger partial charge in [0, 0.05) is 17.8 Å². The van der Waals surface area contributed by atoms with Gasteiger partial charge in [-0.3, -0.25) is 9.59 Å². The number of hydrogen-bond acceptors (Lipinski definition) is 3. The predicted molar refractivity (Wildman–Crippen MR) is 68.2 cm³/mol. The SMILES string of the molecule is Cc1ccc(=O)n(CC(=O)Nc2ccc(F)c(F)c2)n1. The standard InChI is InChI=1S/C13H11F2N3O2/c1-8-2-5-13(20)18(17-8)7-12(19)16-9-3-4-10(14)11(15)6-9/h2-6H,7H2,1H3,(H,16,19). The van der Waals surface area contributed by atoms with Crippen LogP contribution in [-0.2, 0) is 11.3 Å². The van der Waals surface area contributed by atoms with E-state index in [0.717, 1.165) is 16.8 Å². The third-order valence-corrected chi connectivity index (χ3v) is 2.50. The lowest BCUT2D eigenvalue weighted by molar-refractivity contribution is -0.117. The van der Waals surface area contributed by atoms with E-state index in [0.29, 0.717) is 5.69 Å². The number of carbonyl (C=O) groups excluding carboxylic acids is 1. The highest BCUT2D eigenvalue weighted by atomic mass is 19.2. The molecule has 0 bridgehead atoms. The van der Waals surface area contributed by atoms with E-state index in [1.54, 1.807) is 6.92 Å². The van der Waals surface area contributed by atoms with Gasteiger partial charge >= 0.3 is 0 Å². The fraction of sp³-hybridized carbons (Fsp3) is 0.154.